The number of hydrogen-bond acceptors (Lipinski definition) is 8. The SMILES string of the molecule is CCCCCCC/C=C\C/C=C\C/C=C\CCCCCCCCCCCCCCCCC(=O)NC(COC1OC(CO)C(O)C(O)C1O)C(O)CCCCCCCCCCCC. The zero-order valence-electron chi connectivity index (χ0n) is 40.1. The predicted octanol–water partition coefficient (Wildman–Crippen LogP) is 12.0. The highest BCUT2D eigenvalue weighted by Crippen LogP contribution is 2.23. The normalized spacial score (nSPS) is 20.5. The summed E-state index contributed by atoms with van der Waals surface area (Å²) in [4.78, 5) is 13.0. The van der Waals surface area contributed by atoms with Gasteiger partial charge in [-0.1, -0.05) is 217 Å². The summed E-state index contributed by atoms with van der Waals surface area (Å²) in [5.74, 6) is -0.146. The first-order valence-corrected chi connectivity index (χ1v) is 26.2. The molecule has 0 radical (unpaired) electrons. The Labute approximate surface area is 381 Å². The van der Waals surface area contributed by atoms with Gasteiger partial charge in [-0.05, 0) is 51.4 Å². The Bertz CT molecular complexity index is 1070. The number of carbonyl (C=O) groups excluding carboxylic acids is 1. The highest BCUT2D eigenvalue weighted by molar-refractivity contribution is 5.76. The quantitative estimate of drug-likeness (QED) is 0.0262. The minimum Gasteiger partial charge on any atom is -0.394 e. The van der Waals surface area contributed by atoms with Gasteiger partial charge >= 0.3 is 0 Å². The van der Waals surface area contributed by atoms with Crippen molar-refractivity contribution >= 4 is 5.91 Å². The number of aliphatic hydroxyl groups excluding tert-OH is 5. The molecule has 364 valence electrons. The molecule has 7 unspecified atom stereocenters. The molecular weight excluding hydrogens is 779 g/mol. The van der Waals surface area contributed by atoms with E-state index in [1.54, 1.807) is 0 Å². The second kappa shape index (κ2) is 43.3. The van der Waals surface area contributed by atoms with Gasteiger partial charge in [0.2, 0.25) is 5.91 Å². The molecule has 9 heteroatoms. The monoisotopic (exact) mass is 878 g/mol. The smallest absolute Gasteiger partial charge is 0.220 e. The molecule has 1 rings (SSSR count). The van der Waals surface area contributed by atoms with E-state index in [0.717, 1.165) is 51.4 Å². The zero-order chi connectivity index (χ0) is 45.1. The molecule has 0 bridgehead atoms. The summed E-state index contributed by atoms with van der Waals surface area (Å²) >= 11 is 0. The molecule has 7 atom stereocenters. The molecule has 0 aromatic carbocycles. The van der Waals surface area contributed by atoms with Crippen LogP contribution in [-0.2, 0) is 14.3 Å². The van der Waals surface area contributed by atoms with Gasteiger partial charge in [0.05, 0.1) is 25.4 Å². The summed E-state index contributed by atoms with van der Waals surface area (Å²) in [6.07, 6.45) is 47.5. The Morgan fingerprint density at radius 3 is 1.40 bits per heavy atom. The number of ether oxygens (including phenoxy) is 2. The first kappa shape index (κ1) is 58.4. The van der Waals surface area contributed by atoms with E-state index in [1.807, 2.05) is 0 Å². The summed E-state index contributed by atoms with van der Waals surface area (Å²) in [6, 6.07) is -0.717. The summed E-state index contributed by atoms with van der Waals surface area (Å²) in [5, 5.41) is 54.3. The molecule has 0 aromatic heterocycles. The molecule has 1 aliphatic rings. The largest absolute Gasteiger partial charge is 0.394 e. The lowest BCUT2D eigenvalue weighted by Crippen LogP contribution is -2.60. The summed E-state index contributed by atoms with van der Waals surface area (Å²) in [7, 11) is 0. The van der Waals surface area contributed by atoms with Gasteiger partial charge in [-0.3, -0.25) is 4.79 Å². The van der Waals surface area contributed by atoms with E-state index in [2.05, 4.69) is 55.6 Å². The number of amides is 1. The Morgan fingerprint density at radius 2 is 0.952 bits per heavy atom. The Balaban J connectivity index is 2.14. The Morgan fingerprint density at radius 1 is 0.548 bits per heavy atom. The number of nitrogens with one attached hydrogen (secondary N) is 1. The molecular formula is C53H99NO8. The van der Waals surface area contributed by atoms with Crippen LogP contribution >= 0.6 is 0 Å². The van der Waals surface area contributed by atoms with Crippen molar-refractivity contribution in [3.05, 3.63) is 36.5 Å². The number of hydrogen-bond donors (Lipinski definition) is 6. The molecule has 1 amide bonds. The van der Waals surface area contributed by atoms with E-state index >= 15 is 0 Å². The molecule has 9 nitrogen and oxygen atoms in total. The number of unbranched alkanes of at least 4 members (excludes halogenated alkanes) is 28. The van der Waals surface area contributed by atoms with Crippen LogP contribution in [0.2, 0.25) is 0 Å². The fourth-order valence-electron chi connectivity index (χ4n) is 8.29. The third kappa shape index (κ3) is 33.0. The molecule has 0 saturated carbocycles. The van der Waals surface area contributed by atoms with Gasteiger partial charge in [-0.2, -0.15) is 0 Å². The van der Waals surface area contributed by atoms with Gasteiger partial charge in [-0.15, -0.1) is 0 Å². The maximum atomic E-state index is 13.0. The van der Waals surface area contributed by atoms with Gasteiger partial charge in [0.1, 0.15) is 24.4 Å². The molecule has 0 spiro atoms. The van der Waals surface area contributed by atoms with Gasteiger partial charge in [0.15, 0.2) is 6.29 Å². The van der Waals surface area contributed by atoms with Crippen LogP contribution in [0.1, 0.15) is 239 Å². The average molecular weight is 878 g/mol. The Hall–Kier alpha value is -1.59. The molecule has 6 N–H and O–H groups in total. The highest BCUT2D eigenvalue weighted by atomic mass is 16.7. The standard InChI is InChI=1S/C53H99NO8/c1-3-5-7-9-11-13-15-16-17-18-19-20-21-22-23-24-25-26-27-28-29-30-31-32-33-35-37-39-41-43-49(57)54-46(45-61-53-52(60)51(59)50(58)48(44-55)62-53)47(56)42-40-38-36-34-14-12-10-8-6-4-2/h15-16,18-19,21-22,46-48,50-53,55-56,58-60H,3-14,17,20,23-45H2,1-2H3,(H,54,57)/b16-15-,19-18-,22-21-. The van der Waals surface area contributed by atoms with Crippen molar-refractivity contribution in [1.82, 2.24) is 5.32 Å². The average Bonchev–Trinajstić information content (AvgIpc) is 3.27. The van der Waals surface area contributed by atoms with Crippen molar-refractivity contribution in [2.24, 2.45) is 0 Å². The van der Waals surface area contributed by atoms with E-state index in [-0.39, 0.29) is 12.5 Å². The molecule has 1 aliphatic heterocycles. The summed E-state index contributed by atoms with van der Waals surface area (Å²) in [6.45, 7) is 3.81. The minimum absolute atomic E-state index is 0.137. The van der Waals surface area contributed by atoms with E-state index in [1.165, 1.54) is 161 Å². The van der Waals surface area contributed by atoms with Crippen LogP contribution in [0, 0.1) is 0 Å². The minimum atomic E-state index is -1.55. The van der Waals surface area contributed by atoms with Crippen LogP contribution in [0.25, 0.3) is 0 Å². The van der Waals surface area contributed by atoms with Gasteiger partial charge in [0.25, 0.3) is 0 Å². The van der Waals surface area contributed by atoms with Crippen LogP contribution in [0.3, 0.4) is 0 Å². The maximum Gasteiger partial charge on any atom is 0.220 e. The van der Waals surface area contributed by atoms with E-state index in [4.69, 9.17) is 9.47 Å². The van der Waals surface area contributed by atoms with Crippen LogP contribution in [0.5, 0.6) is 0 Å². The second-order valence-corrected chi connectivity index (χ2v) is 18.3. The van der Waals surface area contributed by atoms with Crippen LogP contribution in [0.15, 0.2) is 36.5 Å². The van der Waals surface area contributed by atoms with Gasteiger partial charge in [-0.25, -0.2) is 0 Å². The van der Waals surface area contributed by atoms with E-state index in [0.29, 0.717) is 12.8 Å². The lowest BCUT2D eigenvalue weighted by atomic mass is 9.99. The fraction of sp³-hybridized carbons (Fsp3) is 0.868. The lowest BCUT2D eigenvalue weighted by molar-refractivity contribution is -0.302. The number of carbonyl (C=O) groups is 1. The number of aliphatic hydroxyl groups is 5. The maximum absolute atomic E-state index is 13.0. The van der Waals surface area contributed by atoms with Gasteiger partial charge in [0, 0.05) is 6.42 Å². The topological polar surface area (TPSA) is 149 Å². The third-order valence-electron chi connectivity index (χ3n) is 12.5. The lowest BCUT2D eigenvalue weighted by Gasteiger charge is -2.40. The van der Waals surface area contributed by atoms with Crippen molar-refractivity contribution in [1.29, 1.82) is 0 Å². The Kier molecular flexibility index (Phi) is 40.8. The van der Waals surface area contributed by atoms with Crippen LogP contribution in [0.4, 0.5) is 0 Å². The first-order valence-electron chi connectivity index (χ1n) is 26.2. The number of rotatable bonds is 44. The van der Waals surface area contributed by atoms with E-state index < -0.39 is 49.5 Å². The molecule has 0 aromatic rings. The second-order valence-electron chi connectivity index (χ2n) is 18.3. The van der Waals surface area contributed by atoms with Gasteiger partial charge < -0.3 is 40.3 Å². The molecule has 1 heterocycles. The first-order chi connectivity index (χ1) is 30.3. The van der Waals surface area contributed by atoms with Crippen molar-refractivity contribution in [3.63, 3.8) is 0 Å². The molecule has 0 aliphatic carbocycles. The van der Waals surface area contributed by atoms with Crippen molar-refractivity contribution in [3.8, 4) is 0 Å². The third-order valence-corrected chi connectivity index (χ3v) is 12.5. The highest BCUT2D eigenvalue weighted by Gasteiger charge is 2.44. The van der Waals surface area contributed by atoms with Crippen molar-refractivity contribution in [2.45, 2.75) is 281 Å². The fourth-order valence-corrected chi connectivity index (χ4v) is 8.29. The van der Waals surface area contributed by atoms with Crippen LogP contribution in [-0.4, -0.2) is 87.5 Å². The number of allylic oxidation sites excluding steroid dienone is 6. The van der Waals surface area contributed by atoms with Crippen molar-refractivity contribution in [2.75, 3.05) is 13.2 Å². The zero-order valence-corrected chi connectivity index (χ0v) is 40.1. The van der Waals surface area contributed by atoms with E-state index in [9.17, 15) is 30.3 Å². The predicted molar refractivity (Wildman–Crippen MR) is 258 cm³/mol. The molecule has 62 heavy (non-hydrogen) atoms. The summed E-state index contributed by atoms with van der Waals surface area (Å²) in [5.41, 5.74) is 0. The van der Waals surface area contributed by atoms with Crippen molar-refractivity contribution < 1.29 is 39.8 Å². The summed E-state index contributed by atoms with van der Waals surface area (Å²) < 4.78 is 11.3. The molecule has 1 saturated heterocycles. The van der Waals surface area contributed by atoms with Crippen LogP contribution < -0.4 is 5.32 Å². The molecule has 1 fully saturated rings.